The largest absolute Gasteiger partial charge is 0.493 e. The lowest BCUT2D eigenvalue weighted by atomic mass is 9.95. The zero-order valence-electron chi connectivity index (χ0n) is 13.2. The zero-order valence-corrected chi connectivity index (χ0v) is 13.2. The summed E-state index contributed by atoms with van der Waals surface area (Å²) in [6.45, 7) is 8.66. The van der Waals surface area contributed by atoms with Crippen LogP contribution in [0.25, 0.3) is 0 Å². The number of amides is 1. The Morgan fingerprint density at radius 3 is 3.00 bits per heavy atom. The van der Waals surface area contributed by atoms with Gasteiger partial charge < -0.3 is 15.4 Å². The molecule has 1 heterocycles. The predicted octanol–water partition coefficient (Wildman–Crippen LogP) is 2.19. The minimum absolute atomic E-state index is 0.0825. The molecule has 1 fully saturated rings. The van der Waals surface area contributed by atoms with Crippen LogP contribution in [0.2, 0.25) is 0 Å². The van der Waals surface area contributed by atoms with Crippen molar-refractivity contribution in [3.05, 3.63) is 29.3 Å². The molecular weight excluding hydrogens is 264 g/mol. The Bertz CT molecular complexity index is 488. The van der Waals surface area contributed by atoms with Gasteiger partial charge in [0, 0.05) is 6.04 Å². The first-order chi connectivity index (χ1) is 10.1. The SMILES string of the molecule is Cc1cccc(OCCC(=O)NC2CCNCC2C)c1C. The summed E-state index contributed by atoms with van der Waals surface area (Å²) >= 11 is 0. The van der Waals surface area contributed by atoms with Crippen molar-refractivity contribution >= 4 is 5.91 Å². The van der Waals surface area contributed by atoms with Crippen molar-refractivity contribution in [1.29, 1.82) is 0 Å². The molecule has 1 aromatic carbocycles. The molecule has 0 spiro atoms. The van der Waals surface area contributed by atoms with Crippen molar-refractivity contribution in [3.8, 4) is 5.75 Å². The standard InChI is InChI=1S/C17H26N2O2/c1-12-5-4-6-16(14(12)3)21-10-8-17(20)19-15-7-9-18-11-13(15)2/h4-6,13,15,18H,7-11H2,1-3H3,(H,19,20). The number of carbonyl (C=O) groups is 1. The van der Waals surface area contributed by atoms with Gasteiger partial charge in [-0.1, -0.05) is 19.1 Å². The van der Waals surface area contributed by atoms with Gasteiger partial charge in [-0.2, -0.15) is 0 Å². The number of ether oxygens (including phenoxy) is 1. The molecule has 1 aromatic rings. The quantitative estimate of drug-likeness (QED) is 0.874. The van der Waals surface area contributed by atoms with Gasteiger partial charge in [0.15, 0.2) is 0 Å². The Morgan fingerprint density at radius 2 is 2.24 bits per heavy atom. The lowest BCUT2D eigenvalue weighted by Gasteiger charge is -2.30. The molecule has 4 heteroatoms. The smallest absolute Gasteiger partial charge is 0.223 e. The first kappa shape index (κ1) is 15.8. The monoisotopic (exact) mass is 290 g/mol. The molecular formula is C17H26N2O2. The summed E-state index contributed by atoms with van der Waals surface area (Å²) in [5.74, 6) is 1.44. The van der Waals surface area contributed by atoms with Gasteiger partial charge in [-0.25, -0.2) is 0 Å². The van der Waals surface area contributed by atoms with E-state index < -0.39 is 0 Å². The van der Waals surface area contributed by atoms with Crippen LogP contribution in [0.15, 0.2) is 18.2 Å². The summed E-state index contributed by atoms with van der Waals surface area (Å²) in [5.41, 5.74) is 2.35. The maximum atomic E-state index is 12.0. The summed E-state index contributed by atoms with van der Waals surface area (Å²) in [7, 11) is 0. The number of hydrogen-bond acceptors (Lipinski definition) is 3. The van der Waals surface area contributed by atoms with Gasteiger partial charge in [-0.3, -0.25) is 4.79 Å². The van der Waals surface area contributed by atoms with Crippen molar-refractivity contribution in [2.75, 3.05) is 19.7 Å². The lowest BCUT2D eigenvalue weighted by Crippen LogP contribution is -2.48. The molecule has 0 aromatic heterocycles. The second kappa shape index (κ2) is 7.46. The molecule has 1 aliphatic heterocycles. The van der Waals surface area contributed by atoms with E-state index >= 15 is 0 Å². The van der Waals surface area contributed by atoms with E-state index in [1.54, 1.807) is 0 Å². The van der Waals surface area contributed by atoms with Crippen LogP contribution in [-0.4, -0.2) is 31.6 Å². The minimum atomic E-state index is 0.0825. The number of nitrogens with one attached hydrogen (secondary N) is 2. The average Bonchev–Trinajstić information content (AvgIpc) is 2.46. The normalized spacial score (nSPS) is 21.9. The minimum Gasteiger partial charge on any atom is -0.493 e. The Labute approximate surface area is 127 Å². The van der Waals surface area contributed by atoms with Gasteiger partial charge >= 0.3 is 0 Å². The van der Waals surface area contributed by atoms with Crippen molar-refractivity contribution in [1.82, 2.24) is 10.6 Å². The first-order valence-electron chi connectivity index (χ1n) is 7.77. The summed E-state index contributed by atoms with van der Waals surface area (Å²) in [4.78, 5) is 12.0. The molecule has 4 nitrogen and oxygen atoms in total. The molecule has 2 N–H and O–H groups in total. The predicted molar refractivity (Wildman–Crippen MR) is 84.6 cm³/mol. The number of hydrogen-bond donors (Lipinski definition) is 2. The van der Waals surface area contributed by atoms with Gasteiger partial charge in [-0.15, -0.1) is 0 Å². The van der Waals surface area contributed by atoms with E-state index in [1.165, 1.54) is 5.56 Å². The molecule has 2 unspecified atom stereocenters. The third-order valence-electron chi connectivity index (χ3n) is 4.27. The van der Waals surface area contributed by atoms with E-state index in [2.05, 4.69) is 30.5 Å². The van der Waals surface area contributed by atoms with Crippen molar-refractivity contribution in [3.63, 3.8) is 0 Å². The molecule has 1 amide bonds. The molecule has 2 atom stereocenters. The fraction of sp³-hybridized carbons (Fsp3) is 0.588. The summed E-state index contributed by atoms with van der Waals surface area (Å²) in [5, 5.41) is 6.46. The van der Waals surface area contributed by atoms with Crippen LogP contribution in [0.4, 0.5) is 0 Å². The molecule has 0 aliphatic carbocycles. The van der Waals surface area contributed by atoms with E-state index in [9.17, 15) is 4.79 Å². The summed E-state index contributed by atoms with van der Waals surface area (Å²) in [6.07, 6.45) is 1.41. The van der Waals surface area contributed by atoms with E-state index in [1.807, 2.05) is 19.1 Å². The second-order valence-corrected chi connectivity index (χ2v) is 5.94. The molecule has 1 saturated heterocycles. The highest BCUT2D eigenvalue weighted by Crippen LogP contribution is 2.20. The molecule has 21 heavy (non-hydrogen) atoms. The van der Waals surface area contributed by atoms with Gasteiger partial charge in [0.05, 0.1) is 13.0 Å². The van der Waals surface area contributed by atoms with Crippen LogP contribution in [0.5, 0.6) is 5.75 Å². The molecule has 2 rings (SSSR count). The van der Waals surface area contributed by atoms with Gasteiger partial charge in [0.25, 0.3) is 0 Å². The van der Waals surface area contributed by atoms with E-state index in [0.717, 1.165) is 30.8 Å². The molecule has 0 radical (unpaired) electrons. The number of rotatable bonds is 5. The zero-order chi connectivity index (χ0) is 15.2. The fourth-order valence-electron chi connectivity index (χ4n) is 2.64. The van der Waals surface area contributed by atoms with Gasteiger partial charge in [0.1, 0.15) is 5.75 Å². The Balaban J connectivity index is 1.75. The van der Waals surface area contributed by atoms with Crippen LogP contribution >= 0.6 is 0 Å². The van der Waals surface area contributed by atoms with Gasteiger partial charge in [-0.05, 0) is 56.5 Å². The molecule has 0 bridgehead atoms. The van der Waals surface area contributed by atoms with E-state index in [4.69, 9.17) is 4.74 Å². The topological polar surface area (TPSA) is 50.4 Å². The maximum Gasteiger partial charge on any atom is 0.223 e. The highest BCUT2D eigenvalue weighted by molar-refractivity contribution is 5.76. The Kier molecular flexibility index (Phi) is 5.62. The van der Waals surface area contributed by atoms with Crippen LogP contribution in [0.1, 0.15) is 30.9 Å². The highest BCUT2D eigenvalue weighted by atomic mass is 16.5. The molecule has 116 valence electrons. The molecule has 0 saturated carbocycles. The second-order valence-electron chi connectivity index (χ2n) is 5.94. The number of piperidine rings is 1. The maximum absolute atomic E-state index is 12.0. The number of benzene rings is 1. The highest BCUT2D eigenvalue weighted by Gasteiger charge is 2.22. The average molecular weight is 290 g/mol. The van der Waals surface area contributed by atoms with Crippen LogP contribution in [0.3, 0.4) is 0 Å². The number of aryl methyl sites for hydroxylation is 1. The Hall–Kier alpha value is -1.55. The fourth-order valence-corrected chi connectivity index (χ4v) is 2.64. The first-order valence-corrected chi connectivity index (χ1v) is 7.77. The van der Waals surface area contributed by atoms with Crippen molar-refractivity contribution in [2.45, 2.75) is 39.7 Å². The van der Waals surface area contributed by atoms with E-state index in [-0.39, 0.29) is 5.91 Å². The van der Waals surface area contributed by atoms with Crippen molar-refractivity contribution < 1.29 is 9.53 Å². The number of carbonyl (C=O) groups excluding carboxylic acids is 1. The molecule has 1 aliphatic rings. The third kappa shape index (κ3) is 4.46. The van der Waals surface area contributed by atoms with Crippen molar-refractivity contribution in [2.24, 2.45) is 5.92 Å². The lowest BCUT2D eigenvalue weighted by molar-refractivity contribution is -0.122. The third-order valence-corrected chi connectivity index (χ3v) is 4.27. The summed E-state index contributed by atoms with van der Waals surface area (Å²) in [6, 6.07) is 6.29. The van der Waals surface area contributed by atoms with E-state index in [0.29, 0.717) is 25.0 Å². The Morgan fingerprint density at radius 1 is 1.43 bits per heavy atom. The van der Waals surface area contributed by atoms with Crippen LogP contribution < -0.4 is 15.4 Å². The van der Waals surface area contributed by atoms with Gasteiger partial charge in [0.2, 0.25) is 5.91 Å². The summed E-state index contributed by atoms with van der Waals surface area (Å²) < 4.78 is 5.73. The van der Waals surface area contributed by atoms with Crippen LogP contribution in [-0.2, 0) is 4.79 Å². The van der Waals surface area contributed by atoms with Crippen LogP contribution in [0, 0.1) is 19.8 Å².